The van der Waals surface area contributed by atoms with Gasteiger partial charge in [-0.05, 0) is 37.6 Å². The molecule has 0 saturated carbocycles. The standard InChI is InChI=1S/C24H25N5O4/c1-15-13-28(9-10-31-15)18-3-2-4-20-17(18)11-21(33-20)19-12-25-22-6-8-24(27-29(19)22)32-14-16-5-7-23(30)26-16/h2-4,6,8,11-12,15-16H,5,7,9-10,13-14H2,1H3,(H,26,30). The summed E-state index contributed by atoms with van der Waals surface area (Å²) in [5, 5.41) is 8.58. The predicted molar refractivity (Wildman–Crippen MR) is 122 cm³/mol. The van der Waals surface area contributed by atoms with Crippen LogP contribution in [0.1, 0.15) is 19.8 Å². The molecule has 5 heterocycles. The van der Waals surface area contributed by atoms with E-state index in [4.69, 9.17) is 13.9 Å². The lowest BCUT2D eigenvalue weighted by Gasteiger charge is -2.33. The summed E-state index contributed by atoms with van der Waals surface area (Å²) in [6, 6.07) is 11.9. The largest absolute Gasteiger partial charge is 0.474 e. The Labute approximate surface area is 190 Å². The molecule has 0 aliphatic carbocycles. The minimum Gasteiger partial charge on any atom is -0.474 e. The lowest BCUT2D eigenvalue weighted by Crippen LogP contribution is -2.41. The Bertz CT molecular complexity index is 1330. The van der Waals surface area contributed by atoms with E-state index in [1.165, 1.54) is 0 Å². The van der Waals surface area contributed by atoms with Crippen LogP contribution in [0.25, 0.3) is 28.1 Å². The molecule has 1 aromatic carbocycles. The van der Waals surface area contributed by atoms with Crippen LogP contribution in [0.15, 0.2) is 47.0 Å². The van der Waals surface area contributed by atoms with Crippen LogP contribution < -0.4 is 15.0 Å². The summed E-state index contributed by atoms with van der Waals surface area (Å²) in [5.41, 5.74) is 3.42. The van der Waals surface area contributed by atoms with Crippen LogP contribution in [0.2, 0.25) is 0 Å². The van der Waals surface area contributed by atoms with Gasteiger partial charge in [0.05, 0.1) is 24.9 Å². The maximum absolute atomic E-state index is 11.4. The number of fused-ring (bicyclic) bond motifs is 2. The summed E-state index contributed by atoms with van der Waals surface area (Å²) < 4.78 is 19.5. The molecule has 2 atom stereocenters. The number of rotatable bonds is 5. The fourth-order valence-electron chi connectivity index (χ4n) is 4.57. The first-order valence-corrected chi connectivity index (χ1v) is 11.3. The summed E-state index contributed by atoms with van der Waals surface area (Å²) in [7, 11) is 0. The number of carbonyl (C=O) groups is 1. The third kappa shape index (κ3) is 3.78. The monoisotopic (exact) mass is 447 g/mol. The molecule has 3 aromatic heterocycles. The number of imidazole rings is 1. The van der Waals surface area contributed by atoms with Gasteiger partial charge >= 0.3 is 0 Å². The lowest BCUT2D eigenvalue weighted by molar-refractivity contribution is -0.119. The van der Waals surface area contributed by atoms with Crippen LogP contribution in [0.5, 0.6) is 5.88 Å². The summed E-state index contributed by atoms with van der Waals surface area (Å²) in [6.07, 6.45) is 3.28. The van der Waals surface area contributed by atoms with Gasteiger partial charge in [-0.2, -0.15) is 0 Å². The van der Waals surface area contributed by atoms with Gasteiger partial charge in [0.15, 0.2) is 11.4 Å². The normalized spacial score (nSPS) is 21.1. The van der Waals surface area contributed by atoms with Crippen molar-refractivity contribution in [2.45, 2.75) is 31.9 Å². The molecule has 2 aliphatic rings. The number of nitrogens with one attached hydrogen (secondary N) is 1. The number of carbonyl (C=O) groups excluding carboxylic acids is 1. The average Bonchev–Trinajstić information content (AvgIpc) is 3.54. The molecular formula is C24H25N5O4. The van der Waals surface area contributed by atoms with Crippen molar-refractivity contribution in [3.8, 4) is 17.3 Å². The maximum Gasteiger partial charge on any atom is 0.231 e. The van der Waals surface area contributed by atoms with Gasteiger partial charge in [-0.25, -0.2) is 9.50 Å². The van der Waals surface area contributed by atoms with Crippen LogP contribution in [-0.2, 0) is 9.53 Å². The Kier molecular flexibility index (Phi) is 4.91. The first kappa shape index (κ1) is 20.0. The van der Waals surface area contributed by atoms with Gasteiger partial charge in [-0.15, -0.1) is 5.10 Å². The number of amides is 1. The number of furan rings is 1. The minimum absolute atomic E-state index is 0.0222. The third-order valence-corrected chi connectivity index (χ3v) is 6.23. The van der Waals surface area contributed by atoms with Crippen molar-refractivity contribution in [2.75, 3.05) is 31.2 Å². The van der Waals surface area contributed by atoms with E-state index in [0.717, 1.165) is 41.9 Å². The van der Waals surface area contributed by atoms with Crippen LogP contribution in [0.3, 0.4) is 0 Å². The van der Waals surface area contributed by atoms with Crippen molar-refractivity contribution in [1.82, 2.24) is 19.9 Å². The van der Waals surface area contributed by atoms with Crippen LogP contribution in [0, 0.1) is 0 Å². The van der Waals surface area contributed by atoms with E-state index in [0.29, 0.717) is 36.9 Å². The van der Waals surface area contributed by atoms with Crippen molar-refractivity contribution < 1.29 is 18.7 Å². The molecule has 2 fully saturated rings. The third-order valence-electron chi connectivity index (χ3n) is 6.23. The molecule has 9 nitrogen and oxygen atoms in total. The Morgan fingerprint density at radius 2 is 2.21 bits per heavy atom. The van der Waals surface area contributed by atoms with Crippen LogP contribution >= 0.6 is 0 Å². The van der Waals surface area contributed by atoms with E-state index in [2.05, 4.69) is 39.4 Å². The molecule has 33 heavy (non-hydrogen) atoms. The van der Waals surface area contributed by atoms with Crippen LogP contribution in [-0.4, -0.2) is 59.0 Å². The van der Waals surface area contributed by atoms with E-state index in [9.17, 15) is 4.79 Å². The Morgan fingerprint density at radius 1 is 1.27 bits per heavy atom. The van der Waals surface area contributed by atoms with Crippen LogP contribution in [0.4, 0.5) is 5.69 Å². The quantitative estimate of drug-likeness (QED) is 0.503. The van der Waals surface area contributed by atoms with Gasteiger partial charge in [0.2, 0.25) is 11.8 Å². The second-order valence-electron chi connectivity index (χ2n) is 8.63. The topological polar surface area (TPSA) is 94.1 Å². The molecule has 2 saturated heterocycles. The van der Waals surface area contributed by atoms with Crippen molar-refractivity contribution in [1.29, 1.82) is 0 Å². The lowest BCUT2D eigenvalue weighted by atomic mass is 10.1. The molecule has 0 bridgehead atoms. The molecular weight excluding hydrogens is 422 g/mol. The van der Waals surface area contributed by atoms with E-state index >= 15 is 0 Å². The zero-order valence-corrected chi connectivity index (χ0v) is 18.4. The highest BCUT2D eigenvalue weighted by molar-refractivity contribution is 5.94. The molecule has 1 N–H and O–H groups in total. The number of benzene rings is 1. The maximum atomic E-state index is 11.4. The summed E-state index contributed by atoms with van der Waals surface area (Å²) in [6.45, 7) is 4.90. The fraction of sp³-hybridized carbons (Fsp3) is 0.375. The SMILES string of the molecule is CC1CN(c2cccc3oc(-c4cnc5ccc(OCC6CCC(=O)N6)nn45)cc23)CCO1. The number of aromatic nitrogens is 3. The van der Waals surface area contributed by atoms with E-state index in [1.54, 1.807) is 16.8 Å². The second kappa shape index (κ2) is 8.08. The summed E-state index contributed by atoms with van der Waals surface area (Å²) in [5.74, 6) is 1.24. The second-order valence-corrected chi connectivity index (χ2v) is 8.63. The zero-order valence-electron chi connectivity index (χ0n) is 18.4. The molecule has 2 unspecified atom stereocenters. The molecule has 4 aromatic rings. The Balaban J connectivity index is 1.31. The molecule has 0 radical (unpaired) electrons. The van der Waals surface area contributed by atoms with Crippen molar-refractivity contribution in [3.05, 3.63) is 42.6 Å². The highest BCUT2D eigenvalue weighted by Crippen LogP contribution is 2.35. The van der Waals surface area contributed by atoms with Gasteiger partial charge in [-0.1, -0.05) is 6.07 Å². The average molecular weight is 447 g/mol. The van der Waals surface area contributed by atoms with Gasteiger partial charge < -0.3 is 24.1 Å². The smallest absolute Gasteiger partial charge is 0.231 e. The first-order chi connectivity index (χ1) is 16.1. The molecule has 1 amide bonds. The molecule has 170 valence electrons. The van der Waals surface area contributed by atoms with Gasteiger partial charge in [-0.3, -0.25) is 4.79 Å². The molecule has 0 spiro atoms. The molecule has 9 heteroatoms. The summed E-state index contributed by atoms with van der Waals surface area (Å²) >= 11 is 0. The van der Waals surface area contributed by atoms with Gasteiger partial charge in [0, 0.05) is 36.7 Å². The Hall–Kier alpha value is -3.59. The van der Waals surface area contributed by atoms with Gasteiger partial charge in [0.25, 0.3) is 0 Å². The van der Waals surface area contributed by atoms with E-state index in [-0.39, 0.29) is 18.1 Å². The van der Waals surface area contributed by atoms with Gasteiger partial charge in [0.1, 0.15) is 17.9 Å². The number of nitrogens with zero attached hydrogens (tertiary/aromatic N) is 4. The number of anilines is 1. The number of hydrogen-bond acceptors (Lipinski definition) is 7. The predicted octanol–water partition coefficient (Wildman–Crippen LogP) is 3.03. The number of hydrogen-bond donors (Lipinski definition) is 1. The Morgan fingerprint density at radius 3 is 3.06 bits per heavy atom. The minimum atomic E-state index is 0.0222. The summed E-state index contributed by atoms with van der Waals surface area (Å²) in [4.78, 5) is 18.2. The number of ether oxygens (including phenoxy) is 2. The highest BCUT2D eigenvalue weighted by atomic mass is 16.5. The van der Waals surface area contributed by atoms with Crippen molar-refractivity contribution >= 4 is 28.2 Å². The van der Waals surface area contributed by atoms with E-state index < -0.39 is 0 Å². The van der Waals surface area contributed by atoms with Crippen molar-refractivity contribution in [3.63, 3.8) is 0 Å². The zero-order chi connectivity index (χ0) is 22.4. The molecule has 2 aliphatic heterocycles. The number of morpholine rings is 1. The molecule has 6 rings (SSSR count). The highest BCUT2D eigenvalue weighted by Gasteiger charge is 2.23. The van der Waals surface area contributed by atoms with E-state index in [1.807, 2.05) is 18.2 Å². The first-order valence-electron chi connectivity index (χ1n) is 11.3. The fourth-order valence-corrected chi connectivity index (χ4v) is 4.57. The van der Waals surface area contributed by atoms with Crippen molar-refractivity contribution in [2.24, 2.45) is 0 Å².